The van der Waals surface area contributed by atoms with E-state index in [9.17, 15) is 9.90 Å². The summed E-state index contributed by atoms with van der Waals surface area (Å²) in [4.78, 5) is 16.7. The molecule has 1 amide bonds. The lowest BCUT2D eigenvalue weighted by Crippen LogP contribution is -2.37. The summed E-state index contributed by atoms with van der Waals surface area (Å²) in [5, 5.41) is 19.6. The minimum absolute atomic E-state index is 0.125. The highest BCUT2D eigenvalue weighted by atomic mass is 35.5. The quantitative estimate of drug-likeness (QED) is 0.420. The number of hydrogen-bond acceptors (Lipinski definition) is 6. The van der Waals surface area contributed by atoms with Crippen molar-refractivity contribution in [2.45, 2.75) is 18.9 Å². The highest BCUT2D eigenvalue weighted by Crippen LogP contribution is 2.38. The Morgan fingerprint density at radius 3 is 2.61 bits per heavy atom. The summed E-state index contributed by atoms with van der Waals surface area (Å²) >= 11 is 13.0. The molecule has 2 heterocycles. The number of amides is 1. The van der Waals surface area contributed by atoms with E-state index in [1.165, 1.54) is 4.90 Å². The molecular formula is C20H20Cl2N6O3. The second-order valence-electron chi connectivity index (χ2n) is 7.09. The van der Waals surface area contributed by atoms with Gasteiger partial charge in [-0.25, -0.2) is 9.89 Å². The van der Waals surface area contributed by atoms with Crippen molar-refractivity contribution in [3.63, 3.8) is 0 Å². The van der Waals surface area contributed by atoms with E-state index in [2.05, 4.69) is 20.5 Å². The van der Waals surface area contributed by atoms with Crippen molar-refractivity contribution in [3.8, 4) is 16.9 Å². The molecular weight excluding hydrogens is 443 g/mol. The van der Waals surface area contributed by atoms with Crippen LogP contribution < -0.4 is 15.8 Å². The van der Waals surface area contributed by atoms with Crippen LogP contribution in [0.2, 0.25) is 10.0 Å². The number of anilines is 3. The lowest BCUT2D eigenvalue weighted by atomic mass is 10.0. The van der Waals surface area contributed by atoms with Crippen molar-refractivity contribution in [1.82, 2.24) is 20.1 Å². The molecule has 1 atom stereocenters. The molecule has 31 heavy (non-hydrogen) atoms. The Bertz CT molecular complexity index is 1070. The molecule has 162 valence electrons. The molecule has 1 aromatic heterocycles. The monoisotopic (exact) mass is 462 g/mol. The molecule has 11 heteroatoms. The fraction of sp³-hybridized carbons (Fsp3) is 0.250. The molecule has 1 unspecified atom stereocenters. The summed E-state index contributed by atoms with van der Waals surface area (Å²) in [6, 6.07) is 10.7. The average Bonchev–Trinajstić information content (AvgIpc) is 3.35. The number of carboxylic acid groups (broad SMARTS) is 1. The van der Waals surface area contributed by atoms with E-state index in [1.54, 1.807) is 12.1 Å². The highest BCUT2D eigenvalue weighted by Gasteiger charge is 2.28. The second kappa shape index (κ2) is 8.91. The first-order chi connectivity index (χ1) is 14.9. The zero-order chi connectivity index (χ0) is 22.0. The van der Waals surface area contributed by atoms with E-state index in [-0.39, 0.29) is 12.0 Å². The van der Waals surface area contributed by atoms with Gasteiger partial charge in [0, 0.05) is 17.8 Å². The minimum Gasteiger partial charge on any atom is -0.491 e. The maximum absolute atomic E-state index is 11.2. The van der Waals surface area contributed by atoms with Crippen LogP contribution in [-0.2, 0) is 0 Å². The van der Waals surface area contributed by atoms with Gasteiger partial charge in [-0.15, -0.1) is 5.10 Å². The largest absolute Gasteiger partial charge is 0.491 e. The highest BCUT2D eigenvalue weighted by molar-refractivity contribution is 6.39. The van der Waals surface area contributed by atoms with Crippen LogP contribution in [0, 0.1) is 0 Å². The normalized spacial score (nSPS) is 15.8. The van der Waals surface area contributed by atoms with E-state index in [4.69, 9.17) is 33.7 Å². The smallest absolute Gasteiger partial charge is 0.407 e. The molecule has 4 rings (SSSR count). The molecule has 2 aromatic carbocycles. The van der Waals surface area contributed by atoms with Gasteiger partial charge in [-0.3, -0.25) is 0 Å². The maximum Gasteiger partial charge on any atom is 0.407 e. The maximum atomic E-state index is 11.2. The van der Waals surface area contributed by atoms with Crippen molar-refractivity contribution < 1.29 is 14.6 Å². The molecule has 0 aliphatic carbocycles. The standard InChI is InChI=1S/C20H20Cl2N6O3/c21-15-8-12(24-19-25-18(23)26-27-19)9-16(22)17(15)11-3-5-14(6-4-11)31-10-13-2-1-7-28(13)20(29)30/h3-6,8-9,13H,1-2,7,10H2,(H,29,30)(H4,23,24,25,26,27). The van der Waals surface area contributed by atoms with Gasteiger partial charge >= 0.3 is 6.09 Å². The Morgan fingerprint density at radius 1 is 1.29 bits per heavy atom. The van der Waals surface area contributed by atoms with Crippen LogP contribution in [0.4, 0.5) is 22.4 Å². The molecule has 1 fully saturated rings. The number of aromatic amines is 1. The summed E-state index contributed by atoms with van der Waals surface area (Å²) in [6.45, 7) is 0.868. The number of benzene rings is 2. The molecule has 9 nitrogen and oxygen atoms in total. The predicted octanol–water partition coefficient (Wildman–Crippen LogP) is 4.63. The number of H-pyrrole nitrogens is 1. The summed E-state index contributed by atoms with van der Waals surface area (Å²) < 4.78 is 5.80. The van der Waals surface area contributed by atoms with Gasteiger partial charge in [-0.1, -0.05) is 35.3 Å². The molecule has 1 aliphatic rings. The molecule has 5 N–H and O–H groups in total. The van der Waals surface area contributed by atoms with Crippen LogP contribution in [0.1, 0.15) is 12.8 Å². The van der Waals surface area contributed by atoms with Gasteiger partial charge < -0.3 is 25.8 Å². The van der Waals surface area contributed by atoms with Gasteiger partial charge in [0.15, 0.2) is 0 Å². The number of halogens is 2. The molecule has 0 spiro atoms. The van der Waals surface area contributed by atoms with E-state index in [0.29, 0.717) is 46.1 Å². The number of ether oxygens (including phenoxy) is 1. The molecule has 1 aliphatic heterocycles. The lowest BCUT2D eigenvalue weighted by Gasteiger charge is -2.21. The van der Waals surface area contributed by atoms with E-state index >= 15 is 0 Å². The average molecular weight is 463 g/mol. The van der Waals surface area contributed by atoms with Crippen molar-refractivity contribution in [2.24, 2.45) is 0 Å². The number of nitrogen functional groups attached to an aromatic ring is 1. The number of aromatic nitrogens is 3. The first kappa shape index (κ1) is 21.1. The fourth-order valence-corrected chi connectivity index (χ4v) is 4.26. The van der Waals surface area contributed by atoms with E-state index in [0.717, 1.165) is 18.4 Å². The molecule has 0 bridgehead atoms. The van der Waals surface area contributed by atoms with Gasteiger partial charge in [0.25, 0.3) is 0 Å². The van der Waals surface area contributed by atoms with Crippen molar-refractivity contribution in [3.05, 3.63) is 46.4 Å². The first-order valence-corrected chi connectivity index (χ1v) is 10.3. The summed E-state index contributed by atoms with van der Waals surface area (Å²) in [7, 11) is 0. The Balaban J connectivity index is 1.45. The van der Waals surface area contributed by atoms with Gasteiger partial charge in [0.1, 0.15) is 12.4 Å². The van der Waals surface area contributed by atoms with Crippen LogP contribution in [0.15, 0.2) is 36.4 Å². The number of nitrogens with zero attached hydrogens (tertiary/aromatic N) is 3. The van der Waals surface area contributed by atoms with Crippen molar-refractivity contribution in [2.75, 3.05) is 24.2 Å². The number of nitrogens with two attached hydrogens (primary N) is 1. The fourth-order valence-electron chi connectivity index (χ4n) is 3.55. The topological polar surface area (TPSA) is 129 Å². The number of rotatable bonds is 6. The zero-order valence-corrected chi connectivity index (χ0v) is 17.8. The Morgan fingerprint density at radius 2 is 2.00 bits per heavy atom. The molecule has 0 saturated carbocycles. The van der Waals surface area contributed by atoms with Crippen LogP contribution in [0.3, 0.4) is 0 Å². The predicted molar refractivity (Wildman–Crippen MR) is 119 cm³/mol. The number of likely N-dealkylation sites (tertiary alicyclic amines) is 1. The van der Waals surface area contributed by atoms with Crippen LogP contribution in [-0.4, -0.2) is 50.5 Å². The molecule has 0 radical (unpaired) electrons. The first-order valence-electron chi connectivity index (χ1n) is 9.57. The summed E-state index contributed by atoms with van der Waals surface area (Å²) in [5.41, 5.74) is 7.65. The summed E-state index contributed by atoms with van der Waals surface area (Å²) in [5.74, 6) is 1.15. The van der Waals surface area contributed by atoms with Gasteiger partial charge in [0.05, 0.1) is 16.1 Å². The Kier molecular flexibility index (Phi) is 6.06. The third kappa shape index (κ3) is 4.78. The number of carbonyl (C=O) groups is 1. The Labute approximate surface area is 188 Å². The molecule has 3 aromatic rings. The molecule has 1 saturated heterocycles. The third-order valence-electron chi connectivity index (χ3n) is 5.01. The second-order valence-corrected chi connectivity index (χ2v) is 7.91. The number of nitrogens with one attached hydrogen (secondary N) is 2. The number of hydrogen-bond donors (Lipinski definition) is 4. The zero-order valence-electron chi connectivity index (χ0n) is 16.3. The lowest BCUT2D eigenvalue weighted by molar-refractivity contribution is 0.123. The van der Waals surface area contributed by atoms with E-state index in [1.807, 2.05) is 24.3 Å². The van der Waals surface area contributed by atoms with Gasteiger partial charge in [-0.2, -0.15) is 4.98 Å². The van der Waals surface area contributed by atoms with Gasteiger partial charge in [0.2, 0.25) is 11.9 Å². The summed E-state index contributed by atoms with van der Waals surface area (Å²) in [6.07, 6.45) is 0.747. The van der Waals surface area contributed by atoms with Crippen LogP contribution in [0.5, 0.6) is 5.75 Å². The van der Waals surface area contributed by atoms with Crippen molar-refractivity contribution >= 4 is 46.9 Å². The SMILES string of the molecule is Nc1nc(Nc2cc(Cl)c(-c3ccc(OCC4CCCN4C(=O)O)cc3)c(Cl)c2)n[nH]1. The van der Waals surface area contributed by atoms with Gasteiger partial charge in [-0.05, 0) is 42.7 Å². The van der Waals surface area contributed by atoms with Crippen LogP contribution >= 0.6 is 23.2 Å². The third-order valence-corrected chi connectivity index (χ3v) is 5.61. The van der Waals surface area contributed by atoms with E-state index < -0.39 is 6.09 Å². The Hall–Kier alpha value is -3.17. The minimum atomic E-state index is -0.907. The van der Waals surface area contributed by atoms with Crippen LogP contribution in [0.25, 0.3) is 11.1 Å². The van der Waals surface area contributed by atoms with Crippen molar-refractivity contribution in [1.29, 1.82) is 0 Å².